The lowest BCUT2D eigenvalue weighted by atomic mass is 10.0. The summed E-state index contributed by atoms with van der Waals surface area (Å²) in [5.41, 5.74) is 8.55. The van der Waals surface area contributed by atoms with Gasteiger partial charge in [0.1, 0.15) is 17.7 Å². The molecule has 0 spiro atoms. The summed E-state index contributed by atoms with van der Waals surface area (Å²) in [6.45, 7) is 4.18. The van der Waals surface area contributed by atoms with Crippen molar-refractivity contribution in [2.75, 3.05) is 40.3 Å². The van der Waals surface area contributed by atoms with Gasteiger partial charge in [-0.1, -0.05) is 109 Å². The van der Waals surface area contributed by atoms with E-state index in [0.29, 0.717) is 0 Å². The second-order valence-corrected chi connectivity index (χ2v) is 16.4. The van der Waals surface area contributed by atoms with Gasteiger partial charge in [-0.25, -0.2) is 9.97 Å². The first kappa shape index (κ1) is 37.7. The molecule has 0 radical (unpaired) electrons. The van der Waals surface area contributed by atoms with Gasteiger partial charge < -0.3 is 19.8 Å². The molecule has 3 fully saturated rings. The van der Waals surface area contributed by atoms with Crippen molar-refractivity contribution in [1.29, 1.82) is 0 Å². The number of carbonyl (C=O) groups is 2. The Hall–Kier alpha value is -5.84. The van der Waals surface area contributed by atoms with Crippen LogP contribution in [0.3, 0.4) is 0 Å². The molecule has 0 aliphatic carbocycles. The normalized spacial score (nSPS) is 20.3. The fraction of sp³-hybridized carbons (Fsp3) is 0.333. The van der Waals surface area contributed by atoms with E-state index in [0.717, 1.165) is 116 Å². The molecule has 4 atom stereocenters. The molecule has 10 nitrogen and oxygen atoms in total. The van der Waals surface area contributed by atoms with E-state index in [1.165, 1.54) is 5.56 Å². The summed E-state index contributed by atoms with van der Waals surface area (Å²) in [4.78, 5) is 52.9. The van der Waals surface area contributed by atoms with Crippen LogP contribution in [0.1, 0.15) is 73.0 Å². The fourth-order valence-corrected chi connectivity index (χ4v) is 9.33. The number of benzene rings is 4. The minimum Gasteiger partial charge on any atom is -0.340 e. The number of rotatable bonds is 11. The lowest BCUT2D eigenvalue weighted by Crippen LogP contribution is -2.40. The van der Waals surface area contributed by atoms with Crippen LogP contribution in [0.4, 0.5) is 0 Å². The second-order valence-electron chi connectivity index (χ2n) is 16.4. The zero-order valence-electron chi connectivity index (χ0n) is 33.4. The smallest absolute Gasteiger partial charge is 0.245 e. The van der Waals surface area contributed by atoms with E-state index >= 15 is 0 Å². The number of aromatic nitrogens is 4. The number of hydrogen-bond donors (Lipinski definition) is 2. The number of likely N-dealkylation sites (N-methyl/N-ethyl adjacent to an activating group) is 1. The van der Waals surface area contributed by atoms with Crippen molar-refractivity contribution in [3.05, 3.63) is 144 Å². The third kappa shape index (κ3) is 7.74. The molecule has 3 aliphatic heterocycles. The summed E-state index contributed by atoms with van der Waals surface area (Å²) in [6.07, 6.45) is 8.46. The Balaban J connectivity index is 0.827. The molecule has 4 aromatic carbocycles. The minimum atomic E-state index is -0.339. The topological polar surface area (TPSA) is 104 Å². The first-order valence-electron chi connectivity index (χ1n) is 20.8. The van der Waals surface area contributed by atoms with Crippen LogP contribution in [0.25, 0.3) is 33.6 Å². The van der Waals surface area contributed by atoms with Gasteiger partial charge in [0, 0.05) is 26.2 Å². The molecule has 3 aliphatic rings. The standard InChI is InChI=1S/C48H52N8O2/c1-53(2)44(38-13-7-4-8-14-38)48(58)56-27-10-16-43(56)46-50-30-41(52-46)37-23-19-35(20-24-37)34-17-21-36(22-18-34)40-29-49-45(51-40)42-15-9-26-55(42)47(57)39-25-28-54(32-39)31-33-11-5-3-6-12-33/h3-8,11-14,17-24,29-30,39,42-44H,9-10,15-16,25-28,31-32H2,1-2H3,(H,49,51)(H,50,52)/t39-,42-,43-,44+/m0/s1. The number of nitrogens with zero attached hydrogens (tertiary/aromatic N) is 6. The van der Waals surface area contributed by atoms with E-state index < -0.39 is 0 Å². The highest BCUT2D eigenvalue weighted by molar-refractivity contribution is 5.84. The van der Waals surface area contributed by atoms with E-state index in [1.807, 2.05) is 72.7 Å². The van der Waals surface area contributed by atoms with Crippen molar-refractivity contribution in [3.8, 4) is 33.6 Å². The van der Waals surface area contributed by atoms with Crippen LogP contribution in [-0.2, 0) is 16.1 Å². The maximum atomic E-state index is 13.9. The Morgan fingerprint density at radius 1 is 0.655 bits per heavy atom. The van der Waals surface area contributed by atoms with Crippen LogP contribution in [0.5, 0.6) is 0 Å². The molecule has 58 heavy (non-hydrogen) atoms. The summed E-state index contributed by atoms with van der Waals surface area (Å²) >= 11 is 0. The molecule has 0 unspecified atom stereocenters. The van der Waals surface area contributed by atoms with Crippen molar-refractivity contribution in [3.63, 3.8) is 0 Å². The quantitative estimate of drug-likeness (QED) is 0.137. The number of aromatic amines is 2. The van der Waals surface area contributed by atoms with Crippen LogP contribution in [0.15, 0.2) is 122 Å². The minimum absolute atomic E-state index is 0.0113. The Morgan fingerprint density at radius 2 is 1.17 bits per heavy atom. The average molecular weight is 773 g/mol. The van der Waals surface area contributed by atoms with Crippen LogP contribution < -0.4 is 0 Å². The summed E-state index contributed by atoms with van der Waals surface area (Å²) in [7, 11) is 3.93. The maximum Gasteiger partial charge on any atom is 0.245 e. The number of nitrogens with one attached hydrogen (secondary N) is 2. The summed E-state index contributed by atoms with van der Waals surface area (Å²) in [5.74, 6) is 2.13. The molecule has 0 saturated carbocycles. The van der Waals surface area contributed by atoms with E-state index in [-0.39, 0.29) is 35.9 Å². The molecular formula is C48H52N8O2. The van der Waals surface area contributed by atoms with Crippen LogP contribution in [-0.4, -0.2) is 91.6 Å². The largest absolute Gasteiger partial charge is 0.340 e. The predicted octanol–water partition coefficient (Wildman–Crippen LogP) is 8.29. The molecule has 3 saturated heterocycles. The van der Waals surface area contributed by atoms with E-state index in [9.17, 15) is 9.59 Å². The highest BCUT2D eigenvalue weighted by Gasteiger charge is 2.39. The number of hydrogen-bond acceptors (Lipinski definition) is 6. The van der Waals surface area contributed by atoms with Crippen molar-refractivity contribution in [2.24, 2.45) is 5.92 Å². The second kappa shape index (κ2) is 16.6. The first-order valence-corrected chi connectivity index (χ1v) is 20.8. The van der Waals surface area contributed by atoms with Crippen molar-refractivity contribution >= 4 is 11.8 Å². The number of H-pyrrole nitrogens is 2. The van der Waals surface area contributed by atoms with Gasteiger partial charge in [0.15, 0.2) is 0 Å². The lowest BCUT2D eigenvalue weighted by Gasteiger charge is -2.31. The Kier molecular flexibility index (Phi) is 10.8. The van der Waals surface area contributed by atoms with Gasteiger partial charge in [-0.05, 0) is 86.1 Å². The number of amides is 2. The molecule has 9 rings (SSSR count). The zero-order chi connectivity index (χ0) is 39.6. The molecule has 2 N–H and O–H groups in total. The summed E-state index contributed by atoms with van der Waals surface area (Å²) in [5, 5.41) is 0. The van der Waals surface area contributed by atoms with Gasteiger partial charge in [0.25, 0.3) is 0 Å². The first-order chi connectivity index (χ1) is 28.4. The lowest BCUT2D eigenvalue weighted by molar-refractivity contribution is -0.137. The summed E-state index contributed by atoms with van der Waals surface area (Å²) < 4.78 is 0. The molecule has 2 amide bonds. The van der Waals surface area contributed by atoms with E-state index in [2.05, 4.69) is 92.6 Å². The SMILES string of the molecule is CN(C)[C@@H](C(=O)N1CCC[C@H]1c1ncc(-c2ccc(-c3ccc(-c4cnc([C@@H]5CCCN5C(=O)[C@H]5CCN(Cc6ccccc6)C5)[nH]4)cc3)cc2)[nH]1)c1ccccc1. The molecule has 296 valence electrons. The Morgan fingerprint density at radius 3 is 1.74 bits per heavy atom. The predicted molar refractivity (Wildman–Crippen MR) is 227 cm³/mol. The van der Waals surface area contributed by atoms with Crippen LogP contribution >= 0.6 is 0 Å². The van der Waals surface area contributed by atoms with Gasteiger partial charge in [0.05, 0.1) is 41.8 Å². The molecule has 10 heteroatoms. The van der Waals surface area contributed by atoms with E-state index in [1.54, 1.807) is 0 Å². The zero-order valence-corrected chi connectivity index (χ0v) is 33.4. The van der Waals surface area contributed by atoms with Crippen molar-refractivity contribution in [2.45, 2.75) is 56.8 Å². The monoisotopic (exact) mass is 772 g/mol. The van der Waals surface area contributed by atoms with Gasteiger partial charge in [-0.15, -0.1) is 0 Å². The molecular weight excluding hydrogens is 721 g/mol. The highest BCUT2D eigenvalue weighted by Crippen LogP contribution is 2.37. The average Bonchev–Trinajstić information content (AvgIpc) is 4.11. The van der Waals surface area contributed by atoms with Gasteiger partial charge in [0.2, 0.25) is 11.8 Å². The highest BCUT2D eigenvalue weighted by atomic mass is 16.2. The van der Waals surface area contributed by atoms with Crippen molar-refractivity contribution in [1.82, 2.24) is 39.5 Å². The number of likely N-dealkylation sites (tertiary alicyclic amines) is 3. The van der Waals surface area contributed by atoms with Gasteiger partial charge >= 0.3 is 0 Å². The van der Waals surface area contributed by atoms with Gasteiger partial charge in [-0.2, -0.15) is 0 Å². The third-order valence-electron chi connectivity index (χ3n) is 12.4. The fourth-order valence-electron chi connectivity index (χ4n) is 9.33. The van der Waals surface area contributed by atoms with E-state index in [4.69, 9.17) is 9.97 Å². The maximum absolute atomic E-state index is 13.9. The molecule has 6 aromatic rings. The Labute approximate surface area is 340 Å². The number of imidazole rings is 2. The number of carbonyl (C=O) groups excluding carboxylic acids is 2. The van der Waals surface area contributed by atoms with Crippen molar-refractivity contribution < 1.29 is 9.59 Å². The van der Waals surface area contributed by atoms with Gasteiger partial charge in [-0.3, -0.25) is 19.4 Å². The summed E-state index contributed by atoms with van der Waals surface area (Å²) in [6, 6.07) is 37.2. The molecule has 2 aromatic heterocycles. The van der Waals surface area contributed by atoms with Crippen LogP contribution in [0.2, 0.25) is 0 Å². The Bertz CT molecular complexity index is 2320. The molecule has 0 bridgehead atoms. The molecule has 5 heterocycles. The van der Waals surface area contributed by atoms with Crippen LogP contribution in [0, 0.1) is 5.92 Å². The third-order valence-corrected chi connectivity index (χ3v) is 12.4.